The third-order valence-electron chi connectivity index (χ3n) is 3.98. The van der Waals surface area contributed by atoms with Crippen LogP contribution in [0, 0.1) is 6.92 Å². The summed E-state index contributed by atoms with van der Waals surface area (Å²) >= 11 is 0. The Labute approximate surface area is 144 Å². The number of nitrogens with one attached hydrogen (secondary N) is 1. The molecule has 0 aliphatic rings. The fourth-order valence-corrected chi connectivity index (χ4v) is 2.76. The SMILES string of the molecule is COc1cccc2c(C)c(C(=O)Nc3ccccc3CC(N)=O)oc12. The van der Waals surface area contributed by atoms with E-state index < -0.39 is 11.8 Å². The number of carbonyl (C=O) groups is 2. The molecule has 6 heteroatoms. The van der Waals surface area contributed by atoms with Crippen molar-refractivity contribution in [2.45, 2.75) is 13.3 Å². The van der Waals surface area contributed by atoms with Crippen molar-refractivity contribution in [1.29, 1.82) is 0 Å². The van der Waals surface area contributed by atoms with E-state index in [4.69, 9.17) is 14.9 Å². The number of furan rings is 1. The smallest absolute Gasteiger partial charge is 0.291 e. The van der Waals surface area contributed by atoms with E-state index in [0.717, 1.165) is 10.9 Å². The van der Waals surface area contributed by atoms with Crippen molar-refractivity contribution in [1.82, 2.24) is 0 Å². The summed E-state index contributed by atoms with van der Waals surface area (Å²) in [6, 6.07) is 12.5. The lowest BCUT2D eigenvalue weighted by Gasteiger charge is -2.09. The summed E-state index contributed by atoms with van der Waals surface area (Å²) in [6.45, 7) is 1.81. The summed E-state index contributed by atoms with van der Waals surface area (Å²) in [5, 5.41) is 3.60. The number of benzene rings is 2. The number of hydrogen-bond donors (Lipinski definition) is 2. The highest BCUT2D eigenvalue weighted by Crippen LogP contribution is 2.32. The standard InChI is InChI=1S/C19H18N2O4/c1-11-13-7-5-9-15(24-2)18(13)25-17(11)19(23)21-14-8-4-3-6-12(14)10-16(20)22/h3-9H,10H2,1-2H3,(H2,20,22)(H,21,23). The van der Waals surface area contributed by atoms with Gasteiger partial charge in [-0.2, -0.15) is 0 Å². The highest BCUT2D eigenvalue weighted by Gasteiger charge is 2.20. The maximum Gasteiger partial charge on any atom is 0.291 e. The Morgan fingerprint density at radius 2 is 1.92 bits per heavy atom. The number of ether oxygens (including phenoxy) is 1. The zero-order valence-corrected chi connectivity index (χ0v) is 14.0. The number of carbonyl (C=O) groups excluding carboxylic acids is 2. The molecule has 0 saturated heterocycles. The van der Waals surface area contributed by atoms with Gasteiger partial charge in [-0.05, 0) is 24.6 Å². The molecular weight excluding hydrogens is 320 g/mol. The van der Waals surface area contributed by atoms with Gasteiger partial charge in [0.2, 0.25) is 5.91 Å². The molecule has 2 amide bonds. The summed E-state index contributed by atoms with van der Waals surface area (Å²) in [6.07, 6.45) is 0.0450. The quantitative estimate of drug-likeness (QED) is 0.747. The maximum absolute atomic E-state index is 12.7. The van der Waals surface area contributed by atoms with Gasteiger partial charge in [0.25, 0.3) is 5.91 Å². The molecule has 0 fully saturated rings. The van der Waals surface area contributed by atoms with E-state index in [9.17, 15) is 9.59 Å². The van der Waals surface area contributed by atoms with Crippen molar-refractivity contribution in [2.24, 2.45) is 5.73 Å². The number of anilines is 1. The lowest BCUT2D eigenvalue weighted by atomic mass is 10.1. The van der Waals surface area contributed by atoms with E-state index in [-0.39, 0.29) is 12.2 Å². The summed E-state index contributed by atoms with van der Waals surface area (Å²) in [5.41, 5.74) is 7.68. The van der Waals surface area contributed by atoms with Gasteiger partial charge in [0, 0.05) is 16.6 Å². The minimum atomic E-state index is -0.466. The molecular formula is C19H18N2O4. The van der Waals surface area contributed by atoms with Crippen LogP contribution in [0.4, 0.5) is 5.69 Å². The van der Waals surface area contributed by atoms with Crippen LogP contribution in [0.2, 0.25) is 0 Å². The third-order valence-corrected chi connectivity index (χ3v) is 3.98. The minimum absolute atomic E-state index is 0.0450. The zero-order valence-electron chi connectivity index (χ0n) is 14.0. The number of fused-ring (bicyclic) bond motifs is 1. The summed E-state index contributed by atoms with van der Waals surface area (Å²) in [5.74, 6) is -0.0961. The van der Waals surface area contributed by atoms with Gasteiger partial charge >= 0.3 is 0 Å². The monoisotopic (exact) mass is 338 g/mol. The van der Waals surface area contributed by atoms with E-state index in [1.54, 1.807) is 37.4 Å². The van der Waals surface area contributed by atoms with E-state index in [1.165, 1.54) is 0 Å². The molecule has 25 heavy (non-hydrogen) atoms. The Morgan fingerprint density at radius 1 is 1.16 bits per heavy atom. The second-order valence-electron chi connectivity index (χ2n) is 5.65. The van der Waals surface area contributed by atoms with Gasteiger partial charge in [0.15, 0.2) is 17.1 Å². The fraction of sp³-hybridized carbons (Fsp3) is 0.158. The molecule has 0 atom stereocenters. The van der Waals surface area contributed by atoms with Crippen molar-refractivity contribution < 1.29 is 18.7 Å². The van der Waals surface area contributed by atoms with Crippen LogP contribution in [0.1, 0.15) is 21.7 Å². The number of primary amides is 1. The molecule has 0 bridgehead atoms. The van der Waals surface area contributed by atoms with Crippen LogP contribution in [-0.4, -0.2) is 18.9 Å². The first-order chi connectivity index (χ1) is 12.0. The van der Waals surface area contributed by atoms with Crippen LogP contribution in [0.25, 0.3) is 11.0 Å². The van der Waals surface area contributed by atoms with Crippen molar-refractivity contribution in [2.75, 3.05) is 12.4 Å². The average Bonchev–Trinajstić information content (AvgIpc) is 2.93. The highest BCUT2D eigenvalue weighted by molar-refractivity contribution is 6.07. The van der Waals surface area contributed by atoms with Crippen molar-refractivity contribution in [3.8, 4) is 5.75 Å². The van der Waals surface area contributed by atoms with Gasteiger partial charge < -0.3 is 20.2 Å². The van der Waals surface area contributed by atoms with Crippen LogP contribution in [-0.2, 0) is 11.2 Å². The first-order valence-corrected chi connectivity index (χ1v) is 7.75. The first-order valence-electron chi connectivity index (χ1n) is 7.75. The number of hydrogen-bond acceptors (Lipinski definition) is 4. The van der Waals surface area contributed by atoms with Crippen molar-refractivity contribution >= 4 is 28.5 Å². The number of para-hydroxylation sites is 2. The van der Waals surface area contributed by atoms with Crippen LogP contribution in [0.5, 0.6) is 5.75 Å². The molecule has 0 saturated carbocycles. The molecule has 0 unspecified atom stereocenters. The largest absolute Gasteiger partial charge is 0.493 e. The third kappa shape index (κ3) is 3.19. The Kier molecular flexibility index (Phi) is 4.43. The van der Waals surface area contributed by atoms with Gasteiger partial charge in [0.1, 0.15) is 0 Å². The van der Waals surface area contributed by atoms with Gasteiger partial charge in [-0.3, -0.25) is 9.59 Å². The molecule has 0 aliphatic carbocycles. The number of methoxy groups -OCH3 is 1. The number of rotatable bonds is 5. The van der Waals surface area contributed by atoms with Gasteiger partial charge in [-0.25, -0.2) is 0 Å². The molecule has 128 valence electrons. The molecule has 3 rings (SSSR count). The average molecular weight is 338 g/mol. The Balaban J connectivity index is 1.96. The van der Waals surface area contributed by atoms with Crippen LogP contribution >= 0.6 is 0 Å². The Hall–Kier alpha value is -3.28. The number of aryl methyl sites for hydroxylation is 1. The molecule has 0 spiro atoms. The number of nitrogens with two attached hydrogens (primary N) is 1. The summed E-state index contributed by atoms with van der Waals surface area (Å²) < 4.78 is 11.0. The van der Waals surface area contributed by atoms with Crippen molar-refractivity contribution in [3.63, 3.8) is 0 Å². The van der Waals surface area contributed by atoms with Crippen LogP contribution in [0.15, 0.2) is 46.9 Å². The van der Waals surface area contributed by atoms with E-state index in [1.807, 2.05) is 19.1 Å². The maximum atomic E-state index is 12.7. The minimum Gasteiger partial charge on any atom is -0.493 e. The normalized spacial score (nSPS) is 10.6. The molecule has 0 radical (unpaired) electrons. The lowest BCUT2D eigenvalue weighted by molar-refractivity contribution is -0.117. The first kappa shape index (κ1) is 16.6. The van der Waals surface area contributed by atoms with Crippen LogP contribution in [0.3, 0.4) is 0 Å². The highest BCUT2D eigenvalue weighted by atomic mass is 16.5. The van der Waals surface area contributed by atoms with Gasteiger partial charge in [-0.1, -0.05) is 30.3 Å². The molecule has 3 aromatic rings. The van der Waals surface area contributed by atoms with E-state index in [0.29, 0.717) is 22.6 Å². The second kappa shape index (κ2) is 6.68. The van der Waals surface area contributed by atoms with E-state index >= 15 is 0 Å². The second-order valence-corrected chi connectivity index (χ2v) is 5.65. The predicted octanol–water partition coefficient (Wildman–Crippen LogP) is 3.03. The van der Waals surface area contributed by atoms with Gasteiger partial charge in [0.05, 0.1) is 13.5 Å². The van der Waals surface area contributed by atoms with Crippen LogP contribution < -0.4 is 15.8 Å². The zero-order chi connectivity index (χ0) is 18.0. The molecule has 3 N–H and O–H groups in total. The summed E-state index contributed by atoms with van der Waals surface area (Å²) in [7, 11) is 1.55. The molecule has 6 nitrogen and oxygen atoms in total. The van der Waals surface area contributed by atoms with Crippen molar-refractivity contribution in [3.05, 3.63) is 59.4 Å². The summed E-state index contributed by atoms with van der Waals surface area (Å²) in [4.78, 5) is 23.9. The lowest BCUT2D eigenvalue weighted by Crippen LogP contribution is -2.17. The molecule has 1 aromatic heterocycles. The number of amides is 2. The molecule has 2 aromatic carbocycles. The predicted molar refractivity (Wildman–Crippen MR) is 94.8 cm³/mol. The molecule has 1 heterocycles. The molecule has 0 aliphatic heterocycles. The van der Waals surface area contributed by atoms with Gasteiger partial charge in [-0.15, -0.1) is 0 Å². The fourth-order valence-electron chi connectivity index (χ4n) is 2.76. The van der Waals surface area contributed by atoms with E-state index in [2.05, 4.69) is 5.32 Å². The Morgan fingerprint density at radius 3 is 2.64 bits per heavy atom. The Bertz CT molecular complexity index is 959. The topological polar surface area (TPSA) is 94.6 Å².